The van der Waals surface area contributed by atoms with Crippen molar-refractivity contribution in [1.29, 1.82) is 0 Å². The summed E-state index contributed by atoms with van der Waals surface area (Å²) in [6.07, 6.45) is 2.75. The minimum Gasteiger partial charge on any atom is -0.324 e. The molecule has 24 heavy (non-hydrogen) atoms. The SMILES string of the molecule is CCc1c(-c2ccc(C)c(C)c2)nc2ccc(NC(=O)CN)cn12. The van der Waals surface area contributed by atoms with Gasteiger partial charge in [0, 0.05) is 11.8 Å². The number of imidazole rings is 1. The maximum Gasteiger partial charge on any atom is 0.238 e. The number of hydrogen-bond donors (Lipinski definition) is 2. The van der Waals surface area contributed by atoms with Crippen LogP contribution >= 0.6 is 0 Å². The minimum atomic E-state index is -0.207. The van der Waals surface area contributed by atoms with Gasteiger partial charge in [-0.2, -0.15) is 0 Å². The number of rotatable bonds is 4. The number of aromatic nitrogens is 2. The second-order valence-electron chi connectivity index (χ2n) is 5.96. The number of amides is 1. The molecule has 1 aromatic carbocycles. The number of nitrogens with one attached hydrogen (secondary N) is 1. The summed E-state index contributed by atoms with van der Waals surface area (Å²) in [6.45, 7) is 6.30. The highest BCUT2D eigenvalue weighted by Crippen LogP contribution is 2.27. The van der Waals surface area contributed by atoms with E-state index in [1.54, 1.807) is 0 Å². The first kappa shape index (κ1) is 16.2. The van der Waals surface area contributed by atoms with Crippen LogP contribution in [0.2, 0.25) is 0 Å². The molecule has 5 heteroatoms. The molecule has 0 atom stereocenters. The molecule has 0 aliphatic rings. The van der Waals surface area contributed by atoms with Crippen LogP contribution < -0.4 is 11.1 Å². The number of nitrogens with two attached hydrogens (primary N) is 1. The molecule has 124 valence electrons. The molecule has 3 aromatic rings. The van der Waals surface area contributed by atoms with Crippen molar-refractivity contribution in [3.8, 4) is 11.3 Å². The largest absolute Gasteiger partial charge is 0.324 e. The fourth-order valence-corrected chi connectivity index (χ4v) is 2.84. The third-order valence-corrected chi connectivity index (χ3v) is 4.30. The Morgan fingerprint density at radius 3 is 2.67 bits per heavy atom. The van der Waals surface area contributed by atoms with E-state index in [9.17, 15) is 4.79 Å². The van der Waals surface area contributed by atoms with Crippen LogP contribution in [0.4, 0.5) is 5.69 Å². The molecule has 0 fully saturated rings. The van der Waals surface area contributed by atoms with Crippen molar-refractivity contribution in [2.75, 3.05) is 11.9 Å². The molecule has 3 N–H and O–H groups in total. The van der Waals surface area contributed by atoms with Crippen molar-refractivity contribution in [3.63, 3.8) is 0 Å². The Kier molecular flexibility index (Phi) is 4.36. The van der Waals surface area contributed by atoms with E-state index in [1.807, 2.05) is 22.7 Å². The first-order valence-corrected chi connectivity index (χ1v) is 8.12. The number of anilines is 1. The molecule has 0 radical (unpaired) electrons. The van der Waals surface area contributed by atoms with Crippen LogP contribution in [0.5, 0.6) is 0 Å². The summed E-state index contributed by atoms with van der Waals surface area (Å²) in [6, 6.07) is 10.2. The molecule has 0 aliphatic heterocycles. The summed E-state index contributed by atoms with van der Waals surface area (Å²) in [4.78, 5) is 16.3. The van der Waals surface area contributed by atoms with Crippen molar-refractivity contribution in [1.82, 2.24) is 9.38 Å². The van der Waals surface area contributed by atoms with Gasteiger partial charge in [0.1, 0.15) is 5.65 Å². The van der Waals surface area contributed by atoms with Gasteiger partial charge in [-0.1, -0.05) is 19.1 Å². The Morgan fingerprint density at radius 1 is 1.21 bits per heavy atom. The van der Waals surface area contributed by atoms with Gasteiger partial charge in [0.15, 0.2) is 0 Å². The van der Waals surface area contributed by atoms with Crippen LogP contribution in [-0.2, 0) is 11.2 Å². The van der Waals surface area contributed by atoms with Crippen LogP contribution in [0, 0.1) is 13.8 Å². The molecular weight excluding hydrogens is 300 g/mol. The number of carbonyl (C=O) groups is 1. The van der Waals surface area contributed by atoms with E-state index in [4.69, 9.17) is 10.7 Å². The number of aryl methyl sites for hydroxylation is 3. The summed E-state index contributed by atoms with van der Waals surface area (Å²) >= 11 is 0. The Morgan fingerprint density at radius 2 is 2.00 bits per heavy atom. The van der Waals surface area contributed by atoms with Crippen LogP contribution in [-0.4, -0.2) is 21.8 Å². The minimum absolute atomic E-state index is 0.0313. The topological polar surface area (TPSA) is 72.4 Å². The van der Waals surface area contributed by atoms with E-state index in [0.29, 0.717) is 0 Å². The van der Waals surface area contributed by atoms with Gasteiger partial charge < -0.3 is 15.5 Å². The number of carbonyl (C=O) groups excluding carboxylic acids is 1. The Labute approximate surface area is 141 Å². The lowest BCUT2D eigenvalue weighted by Gasteiger charge is -2.07. The monoisotopic (exact) mass is 322 g/mol. The van der Waals surface area contributed by atoms with Gasteiger partial charge in [-0.25, -0.2) is 4.98 Å². The number of fused-ring (bicyclic) bond motifs is 1. The molecule has 0 saturated heterocycles. The normalized spacial score (nSPS) is 11.0. The molecule has 2 heterocycles. The zero-order chi connectivity index (χ0) is 17.3. The molecule has 0 spiro atoms. The lowest BCUT2D eigenvalue weighted by molar-refractivity contribution is -0.114. The Balaban J connectivity index is 2.12. The van der Waals surface area contributed by atoms with Crippen LogP contribution in [0.25, 0.3) is 16.9 Å². The lowest BCUT2D eigenvalue weighted by atomic mass is 10.0. The summed E-state index contributed by atoms with van der Waals surface area (Å²) in [5.74, 6) is -0.207. The first-order chi connectivity index (χ1) is 11.5. The average molecular weight is 322 g/mol. The number of benzene rings is 1. The maximum atomic E-state index is 11.5. The second-order valence-corrected chi connectivity index (χ2v) is 5.96. The van der Waals surface area contributed by atoms with Crippen LogP contribution in [0.3, 0.4) is 0 Å². The quantitative estimate of drug-likeness (QED) is 0.775. The third kappa shape index (κ3) is 2.90. The van der Waals surface area contributed by atoms with Gasteiger partial charge in [0.25, 0.3) is 0 Å². The Bertz CT molecular complexity index is 911. The van der Waals surface area contributed by atoms with Crippen molar-refractivity contribution in [2.24, 2.45) is 5.73 Å². The first-order valence-electron chi connectivity index (χ1n) is 8.12. The van der Waals surface area contributed by atoms with Crippen molar-refractivity contribution in [3.05, 3.63) is 53.3 Å². The molecule has 5 nitrogen and oxygen atoms in total. The third-order valence-electron chi connectivity index (χ3n) is 4.30. The van der Waals surface area contributed by atoms with Gasteiger partial charge >= 0.3 is 0 Å². The van der Waals surface area contributed by atoms with Crippen molar-refractivity contribution >= 4 is 17.2 Å². The molecule has 0 unspecified atom stereocenters. The molecule has 0 bridgehead atoms. The van der Waals surface area contributed by atoms with E-state index < -0.39 is 0 Å². The molecule has 1 amide bonds. The second kappa shape index (κ2) is 6.45. The fraction of sp³-hybridized carbons (Fsp3) is 0.263. The summed E-state index contributed by atoms with van der Waals surface area (Å²) < 4.78 is 2.04. The maximum absolute atomic E-state index is 11.5. The predicted molar refractivity (Wildman–Crippen MR) is 97.2 cm³/mol. The molecule has 0 saturated carbocycles. The van der Waals surface area contributed by atoms with E-state index in [1.165, 1.54) is 11.1 Å². The van der Waals surface area contributed by atoms with Crippen LogP contribution in [0.15, 0.2) is 36.5 Å². The van der Waals surface area contributed by atoms with E-state index in [2.05, 4.69) is 44.3 Å². The smallest absolute Gasteiger partial charge is 0.238 e. The highest BCUT2D eigenvalue weighted by atomic mass is 16.1. The molecule has 2 aromatic heterocycles. The average Bonchev–Trinajstić information content (AvgIpc) is 2.95. The summed E-state index contributed by atoms with van der Waals surface area (Å²) in [7, 11) is 0. The van der Waals surface area contributed by atoms with Gasteiger partial charge in [0.05, 0.1) is 23.6 Å². The standard InChI is InChI=1S/C19H22N4O/c1-4-16-19(14-6-5-12(2)13(3)9-14)22-17-8-7-15(11-23(16)17)21-18(24)10-20/h5-9,11H,4,10,20H2,1-3H3,(H,21,24). The van der Waals surface area contributed by atoms with Gasteiger partial charge in [-0.15, -0.1) is 0 Å². The van der Waals surface area contributed by atoms with E-state index >= 15 is 0 Å². The van der Waals surface area contributed by atoms with Gasteiger partial charge in [-0.3, -0.25) is 4.79 Å². The number of hydrogen-bond acceptors (Lipinski definition) is 3. The Hall–Kier alpha value is -2.66. The lowest BCUT2D eigenvalue weighted by Crippen LogP contribution is -2.21. The summed E-state index contributed by atoms with van der Waals surface area (Å²) in [5, 5.41) is 2.79. The molecule has 0 aliphatic carbocycles. The van der Waals surface area contributed by atoms with E-state index in [0.717, 1.165) is 34.7 Å². The molecule has 3 rings (SSSR count). The fourth-order valence-electron chi connectivity index (χ4n) is 2.84. The number of pyridine rings is 1. The zero-order valence-corrected chi connectivity index (χ0v) is 14.3. The summed E-state index contributed by atoms with van der Waals surface area (Å²) in [5.41, 5.74) is 12.7. The van der Waals surface area contributed by atoms with Crippen LogP contribution in [0.1, 0.15) is 23.7 Å². The zero-order valence-electron chi connectivity index (χ0n) is 14.3. The number of nitrogens with zero attached hydrogens (tertiary/aromatic N) is 2. The highest BCUT2D eigenvalue weighted by molar-refractivity contribution is 5.92. The van der Waals surface area contributed by atoms with Gasteiger partial charge in [0.2, 0.25) is 5.91 Å². The van der Waals surface area contributed by atoms with Crippen molar-refractivity contribution in [2.45, 2.75) is 27.2 Å². The van der Waals surface area contributed by atoms with Crippen molar-refractivity contribution < 1.29 is 4.79 Å². The van der Waals surface area contributed by atoms with Gasteiger partial charge in [-0.05, 0) is 49.6 Å². The highest BCUT2D eigenvalue weighted by Gasteiger charge is 2.14. The molecular formula is C19H22N4O. The van der Waals surface area contributed by atoms with E-state index in [-0.39, 0.29) is 12.5 Å². The predicted octanol–water partition coefficient (Wildman–Crippen LogP) is 3.08.